The van der Waals surface area contributed by atoms with E-state index in [9.17, 15) is 0 Å². The third kappa shape index (κ3) is 3.65. The van der Waals surface area contributed by atoms with Gasteiger partial charge in [0.05, 0.1) is 0 Å². The normalized spacial score (nSPS) is 10.3. The van der Waals surface area contributed by atoms with Crippen LogP contribution in [0.25, 0.3) is 0 Å². The van der Waals surface area contributed by atoms with Crippen LogP contribution in [0.15, 0.2) is 42.5 Å². The molecule has 0 aliphatic rings. The minimum atomic E-state index is 0.799. The molecule has 2 nitrogen and oxygen atoms in total. The molecule has 19 heavy (non-hydrogen) atoms. The lowest BCUT2D eigenvalue weighted by Gasteiger charge is -2.13. The van der Waals surface area contributed by atoms with Crippen LogP contribution >= 0.6 is 11.6 Å². The van der Waals surface area contributed by atoms with Crippen LogP contribution in [0.4, 0.5) is 11.4 Å². The number of aryl methyl sites for hydroxylation is 1. The maximum absolute atomic E-state index is 6.11. The summed E-state index contributed by atoms with van der Waals surface area (Å²) in [5, 5.41) is 4.18. The van der Waals surface area contributed by atoms with Crippen LogP contribution < -0.4 is 10.2 Å². The number of nitrogens with one attached hydrogen (secondary N) is 1. The van der Waals surface area contributed by atoms with Crippen LogP contribution in [0.1, 0.15) is 11.1 Å². The molecule has 0 aliphatic carbocycles. The van der Waals surface area contributed by atoms with Crippen LogP contribution in [0.5, 0.6) is 0 Å². The summed E-state index contributed by atoms with van der Waals surface area (Å²) in [6.07, 6.45) is 0. The Morgan fingerprint density at radius 3 is 2.32 bits per heavy atom. The van der Waals surface area contributed by atoms with Crippen molar-refractivity contribution >= 4 is 23.0 Å². The lowest BCUT2D eigenvalue weighted by atomic mass is 10.2. The zero-order valence-corrected chi connectivity index (χ0v) is 12.3. The molecule has 0 aromatic heterocycles. The van der Waals surface area contributed by atoms with Gasteiger partial charge in [-0.1, -0.05) is 29.8 Å². The first-order valence-electron chi connectivity index (χ1n) is 6.32. The van der Waals surface area contributed by atoms with Crippen molar-refractivity contribution < 1.29 is 0 Å². The first-order valence-corrected chi connectivity index (χ1v) is 6.70. The van der Waals surface area contributed by atoms with E-state index < -0.39 is 0 Å². The molecule has 0 bridgehead atoms. The van der Waals surface area contributed by atoms with Crippen molar-refractivity contribution in [3.8, 4) is 0 Å². The SMILES string of the molecule is Cc1ccc(NCc2ccc(N(C)C)cc2)cc1Cl. The lowest BCUT2D eigenvalue weighted by molar-refractivity contribution is 1.11. The minimum Gasteiger partial charge on any atom is -0.381 e. The average Bonchev–Trinajstić information content (AvgIpc) is 2.40. The highest BCUT2D eigenvalue weighted by molar-refractivity contribution is 6.31. The molecule has 0 saturated heterocycles. The largest absolute Gasteiger partial charge is 0.381 e. The molecule has 2 rings (SSSR count). The summed E-state index contributed by atoms with van der Waals surface area (Å²) in [5.41, 5.74) is 4.61. The number of halogens is 1. The van der Waals surface area contributed by atoms with Gasteiger partial charge >= 0.3 is 0 Å². The van der Waals surface area contributed by atoms with Gasteiger partial charge in [-0.05, 0) is 42.3 Å². The van der Waals surface area contributed by atoms with Gasteiger partial charge in [0, 0.05) is 37.0 Å². The van der Waals surface area contributed by atoms with Crippen molar-refractivity contribution in [1.29, 1.82) is 0 Å². The van der Waals surface area contributed by atoms with Gasteiger partial charge < -0.3 is 10.2 Å². The highest BCUT2D eigenvalue weighted by Crippen LogP contribution is 2.20. The van der Waals surface area contributed by atoms with Crippen LogP contribution in [0.2, 0.25) is 5.02 Å². The van der Waals surface area contributed by atoms with E-state index in [1.807, 2.05) is 33.2 Å². The van der Waals surface area contributed by atoms with E-state index in [4.69, 9.17) is 11.6 Å². The fraction of sp³-hybridized carbons (Fsp3) is 0.250. The Hall–Kier alpha value is -1.67. The number of anilines is 2. The van der Waals surface area contributed by atoms with E-state index in [2.05, 4.69) is 40.5 Å². The molecule has 0 unspecified atom stereocenters. The van der Waals surface area contributed by atoms with E-state index in [-0.39, 0.29) is 0 Å². The highest BCUT2D eigenvalue weighted by Gasteiger charge is 1.99. The fourth-order valence-electron chi connectivity index (χ4n) is 1.82. The van der Waals surface area contributed by atoms with E-state index in [0.717, 1.165) is 22.8 Å². The van der Waals surface area contributed by atoms with Crippen molar-refractivity contribution in [3.63, 3.8) is 0 Å². The molecule has 0 amide bonds. The summed E-state index contributed by atoms with van der Waals surface area (Å²) < 4.78 is 0. The summed E-state index contributed by atoms with van der Waals surface area (Å²) in [6, 6.07) is 14.6. The molecule has 1 N–H and O–H groups in total. The Labute approximate surface area is 120 Å². The summed E-state index contributed by atoms with van der Waals surface area (Å²) in [7, 11) is 4.09. The predicted octanol–water partition coefficient (Wildman–Crippen LogP) is 4.33. The monoisotopic (exact) mass is 274 g/mol. The number of nitrogens with zero attached hydrogens (tertiary/aromatic N) is 1. The molecular weight excluding hydrogens is 256 g/mol. The van der Waals surface area contributed by atoms with Gasteiger partial charge in [-0.25, -0.2) is 0 Å². The quantitative estimate of drug-likeness (QED) is 0.893. The van der Waals surface area contributed by atoms with Crippen LogP contribution in [0.3, 0.4) is 0 Å². The topological polar surface area (TPSA) is 15.3 Å². The van der Waals surface area contributed by atoms with Crippen LogP contribution in [-0.4, -0.2) is 14.1 Å². The van der Waals surface area contributed by atoms with Crippen LogP contribution in [0, 0.1) is 6.92 Å². The van der Waals surface area contributed by atoms with Crippen molar-refractivity contribution in [2.24, 2.45) is 0 Å². The number of hydrogen-bond acceptors (Lipinski definition) is 2. The Morgan fingerprint density at radius 1 is 1.05 bits per heavy atom. The molecule has 3 heteroatoms. The maximum atomic E-state index is 6.11. The second-order valence-electron chi connectivity index (χ2n) is 4.88. The number of benzene rings is 2. The van der Waals surface area contributed by atoms with Gasteiger partial charge in [-0.2, -0.15) is 0 Å². The second kappa shape index (κ2) is 5.98. The zero-order valence-electron chi connectivity index (χ0n) is 11.6. The van der Waals surface area contributed by atoms with Crippen molar-refractivity contribution in [1.82, 2.24) is 0 Å². The summed E-state index contributed by atoms with van der Waals surface area (Å²) in [4.78, 5) is 2.09. The smallest absolute Gasteiger partial charge is 0.0455 e. The molecule has 0 spiro atoms. The van der Waals surface area contributed by atoms with Gasteiger partial charge in [0.15, 0.2) is 0 Å². The minimum absolute atomic E-state index is 0.799. The molecule has 100 valence electrons. The molecule has 0 heterocycles. The van der Waals surface area contributed by atoms with E-state index in [1.165, 1.54) is 11.3 Å². The zero-order chi connectivity index (χ0) is 13.8. The maximum Gasteiger partial charge on any atom is 0.0455 e. The predicted molar refractivity (Wildman–Crippen MR) is 84.3 cm³/mol. The highest BCUT2D eigenvalue weighted by atomic mass is 35.5. The standard InChI is InChI=1S/C16H19ClN2/c1-12-4-7-14(10-16(12)17)18-11-13-5-8-15(9-6-13)19(2)3/h4-10,18H,11H2,1-3H3. The lowest BCUT2D eigenvalue weighted by Crippen LogP contribution is -2.08. The van der Waals surface area contributed by atoms with Gasteiger partial charge in [-0.15, -0.1) is 0 Å². The van der Waals surface area contributed by atoms with Gasteiger partial charge in [0.1, 0.15) is 0 Å². The van der Waals surface area contributed by atoms with E-state index >= 15 is 0 Å². The summed E-state index contributed by atoms with van der Waals surface area (Å²) >= 11 is 6.11. The van der Waals surface area contributed by atoms with Gasteiger partial charge in [0.2, 0.25) is 0 Å². The first-order chi connectivity index (χ1) is 9.06. The van der Waals surface area contributed by atoms with E-state index in [1.54, 1.807) is 0 Å². The molecule has 2 aromatic rings. The molecule has 0 saturated carbocycles. The summed E-state index contributed by atoms with van der Waals surface area (Å²) in [5.74, 6) is 0. The van der Waals surface area contributed by atoms with Crippen LogP contribution in [-0.2, 0) is 6.54 Å². The van der Waals surface area contributed by atoms with Crippen molar-refractivity contribution in [3.05, 3.63) is 58.6 Å². The van der Waals surface area contributed by atoms with Crippen molar-refractivity contribution in [2.75, 3.05) is 24.3 Å². The third-order valence-electron chi connectivity index (χ3n) is 3.12. The first kappa shape index (κ1) is 13.8. The molecule has 2 aromatic carbocycles. The molecule has 0 aliphatic heterocycles. The Balaban J connectivity index is 2.00. The summed E-state index contributed by atoms with van der Waals surface area (Å²) in [6.45, 7) is 2.80. The van der Waals surface area contributed by atoms with Crippen molar-refractivity contribution in [2.45, 2.75) is 13.5 Å². The second-order valence-corrected chi connectivity index (χ2v) is 5.29. The molecular formula is C16H19ClN2. The molecule has 0 radical (unpaired) electrons. The number of rotatable bonds is 4. The Kier molecular flexibility index (Phi) is 4.33. The molecule has 0 fully saturated rings. The Bertz CT molecular complexity index is 547. The Morgan fingerprint density at radius 2 is 1.74 bits per heavy atom. The van der Waals surface area contributed by atoms with E-state index in [0.29, 0.717) is 0 Å². The number of hydrogen-bond donors (Lipinski definition) is 1. The average molecular weight is 275 g/mol. The fourth-order valence-corrected chi connectivity index (χ4v) is 2.00. The third-order valence-corrected chi connectivity index (χ3v) is 3.53. The molecule has 0 atom stereocenters. The van der Waals surface area contributed by atoms with Gasteiger partial charge in [0.25, 0.3) is 0 Å². The van der Waals surface area contributed by atoms with Gasteiger partial charge in [-0.3, -0.25) is 0 Å².